The first kappa shape index (κ1) is 11.6. The number of hydrogen-bond acceptors (Lipinski definition) is 3. The van der Waals surface area contributed by atoms with Crippen molar-refractivity contribution in [2.75, 3.05) is 18.0 Å². The smallest absolute Gasteiger partial charge is 0.147 e. The third-order valence-electron chi connectivity index (χ3n) is 3.73. The zero-order valence-electron chi connectivity index (χ0n) is 9.50. The first-order valence-electron chi connectivity index (χ1n) is 6.06. The molecule has 5 heteroatoms. The van der Waals surface area contributed by atoms with Crippen molar-refractivity contribution in [3.63, 3.8) is 0 Å². The van der Waals surface area contributed by atoms with Gasteiger partial charge >= 0.3 is 0 Å². The van der Waals surface area contributed by atoms with Gasteiger partial charge in [0.2, 0.25) is 0 Å². The maximum atomic E-state index is 6.05. The Bertz CT molecular complexity index is 410. The van der Waals surface area contributed by atoms with Gasteiger partial charge in [-0.25, -0.2) is 4.98 Å². The summed E-state index contributed by atoms with van der Waals surface area (Å²) in [6, 6.07) is 3.13. The second-order valence-electron chi connectivity index (χ2n) is 4.75. The van der Waals surface area contributed by atoms with Gasteiger partial charge in [0.25, 0.3) is 0 Å². The minimum Gasteiger partial charge on any atom is -0.363 e. The number of nitrogens with zero attached hydrogens (tertiary/aromatic N) is 2. The fourth-order valence-electron chi connectivity index (χ4n) is 2.96. The topological polar surface area (TPSA) is 28.2 Å². The van der Waals surface area contributed by atoms with Crippen molar-refractivity contribution in [3.05, 3.63) is 22.4 Å². The molecule has 2 bridgehead atoms. The minimum atomic E-state index is 0.385. The van der Waals surface area contributed by atoms with E-state index in [1.165, 1.54) is 19.3 Å². The van der Waals surface area contributed by atoms with E-state index in [1.807, 2.05) is 12.3 Å². The van der Waals surface area contributed by atoms with Crippen LogP contribution in [0.4, 0.5) is 5.69 Å². The molecule has 0 unspecified atom stereocenters. The highest BCUT2D eigenvalue weighted by atomic mass is 35.5. The van der Waals surface area contributed by atoms with Crippen LogP contribution in [-0.2, 0) is 0 Å². The highest BCUT2D eigenvalue weighted by molar-refractivity contribution is 6.41. The Balaban J connectivity index is 1.94. The van der Waals surface area contributed by atoms with Gasteiger partial charge in [-0.3, -0.25) is 0 Å². The van der Waals surface area contributed by atoms with E-state index in [4.69, 9.17) is 23.2 Å². The van der Waals surface area contributed by atoms with Crippen LogP contribution in [0.5, 0.6) is 0 Å². The monoisotopic (exact) mass is 271 g/mol. The van der Waals surface area contributed by atoms with E-state index in [2.05, 4.69) is 15.2 Å². The van der Waals surface area contributed by atoms with Crippen LogP contribution in [0.25, 0.3) is 0 Å². The molecule has 3 rings (SSSR count). The first-order chi connectivity index (χ1) is 8.25. The highest BCUT2D eigenvalue weighted by Crippen LogP contribution is 2.35. The Morgan fingerprint density at radius 3 is 2.88 bits per heavy atom. The number of anilines is 1. The van der Waals surface area contributed by atoms with Crippen molar-refractivity contribution >= 4 is 28.9 Å². The molecule has 0 spiro atoms. The molecular weight excluding hydrogens is 257 g/mol. The number of rotatable bonds is 1. The van der Waals surface area contributed by atoms with E-state index >= 15 is 0 Å². The van der Waals surface area contributed by atoms with Gasteiger partial charge in [-0.2, -0.15) is 0 Å². The van der Waals surface area contributed by atoms with Crippen LogP contribution in [-0.4, -0.2) is 30.2 Å². The molecule has 1 N–H and O–H groups in total. The molecule has 2 saturated heterocycles. The van der Waals surface area contributed by atoms with E-state index < -0.39 is 0 Å². The molecule has 2 atom stereocenters. The number of pyridine rings is 1. The third-order valence-corrected chi connectivity index (χ3v) is 4.42. The molecule has 2 fully saturated rings. The normalized spacial score (nSPS) is 28.2. The standard InChI is InChI=1S/C12H15Cl2N3/c13-11-5-10(7-16-12(11)14)17-8-1-2-9(17)6-15-4-3-8/h5,7-9,15H,1-4,6H2/t8-,9+/m1/s1. The molecule has 92 valence electrons. The van der Waals surface area contributed by atoms with Gasteiger partial charge in [0.1, 0.15) is 5.15 Å². The Kier molecular flexibility index (Phi) is 3.16. The van der Waals surface area contributed by atoms with E-state index in [1.54, 1.807) is 0 Å². The average molecular weight is 272 g/mol. The Morgan fingerprint density at radius 1 is 1.24 bits per heavy atom. The van der Waals surface area contributed by atoms with Gasteiger partial charge < -0.3 is 10.2 Å². The van der Waals surface area contributed by atoms with Crippen LogP contribution in [0.3, 0.4) is 0 Å². The van der Waals surface area contributed by atoms with Crippen LogP contribution in [0, 0.1) is 0 Å². The highest BCUT2D eigenvalue weighted by Gasteiger charge is 2.35. The molecule has 0 aromatic carbocycles. The molecule has 3 nitrogen and oxygen atoms in total. The number of nitrogens with one attached hydrogen (secondary N) is 1. The van der Waals surface area contributed by atoms with E-state index in [-0.39, 0.29) is 0 Å². The van der Waals surface area contributed by atoms with Gasteiger partial charge in [0, 0.05) is 18.6 Å². The molecule has 0 aliphatic carbocycles. The number of fused-ring (bicyclic) bond motifs is 2. The van der Waals surface area contributed by atoms with Gasteiger partial charge in [0.15, 0.2) is 0 Å². The summed E-state index contributed by atoms with van der Waals surface area (Å²) in [5, 5.41) is 4.41. The summed E-state index contributed by atoms with van der Waals surface area (Å²) >= 11 is 11.9. The van der Waals surface area contributed by atoms with Crippen LogP contribution >= 0.6 is 23.2 Å². The molecule has 3 heterocycles. The Hall–Kier alpha value is -0.510. The third kappa shape index (κ3) is 2.12. The quantitative estimate of drug-likeness (QED) is 0.797. The fraction of sp³-hybridized carbons (Fsp3) is 0.583. The van der Waals surface area contributed by atoms with Crippen LogP contribution in [0.1, 0.15) is 19.3 Å². The average Bonchev–Trinajstić information content (AvgIpc) is 2.56. The van der Waals surface area contributed by atoms with Crippen LogP contribution in [0.2, 0.25) is 10.2 Å². The lowest BCUT2D eigenvalue weighted by Gasteiger charge is -2.30. The lowest BCUT2D eigenvalue weighted by Crippen LogP contribution is -2.38. The largest absolute Gasteiger partial charge is 0.363 e. The van der Waals surface area contributed by atoms with Gasteiger partial charge in [-0.1, -0.05) is 23.2 Å². The zero-order valence-corrected chi connectivity index (χ0v) is 11.0. The molecule has 17 heavy (non-hydrogen) atoms. The van der Waals surface area contributed by atoms with E-state index in [0.29, 0.717) is 22.3 Å². The lowest BCUT2D eigenvalue weighted by atomic mass is 10.1. The summed E-state index contributed by atoms with van der Waals surface area (Å²) in [7, 11) is 0. The Morgan fingerprint density at radius 2 is 2.06 bits per heavy atom. The predicted molar refractivity (Wildman–Crippen MR) is 71.0 cm³/mol. The van der Waals surface area contributed by atoms with Crippen molar-refractivity contribution < 1.29 is 0 Å². The molecule has 0 radical (unpaired) electrons. The number of hydrogen-bond donors (Lipinski definition) is 1. The predicted octanol–water partition coefficient (Wildman–Crippen LogP) is 2.72. The maximum absolute atomic E-state index is 6.05. The summed E-state index contributed by atoms with van der Waals surface area (Å²) in [6.07, 6.45) is 5.55. The Labute approximate surface area is 111 Å². The fourth-order valence-corrected chi connectivity index (χ4v) is 3.22. The van der Waals surface area contributed by atoms with Crippen LogP contribution in [0.15, 0.2) is 12.3 Å². The summed E-state index contributed by atoms with van der Waals surface area (Å²) in [4.78, 5) is 6.62. The van der Waals surface area contributed by atoms with Gasteiger partial charge in [-0.05, 0) is 31.9 Å². The summed E-state index contributed by atoms with van der Waals surface area (Å²) in [6.45, 7) is 2.16. The molecule has 2 aliphatic heterocycles. The molecule has 0 amide bonds. The SMILES string of the molecule is Clc1cc(N2[C@H]3CCNC[C@@H]2CC3)cnc1Cl. The van der Waals surface area contributed by atoms with Gasteiger partial charge in [-0.15, -0.1) is 0 Å². The second-order valence-corrected chi connectivity index (χ2v) is 5.52. The van der Waals surface area contributed by atoms with Gasteiger partial charge in [0.05, 0.1) is 16.9 Å². The molecular formula is C12H15Cl2N3. The van der Waals surface area contributed by atoms with Crippen molar-refractivity contribution in [2.45, 2.75) is 31.3 Å². The molecule has 2 aliphatic rings. The van der Waals surface area contributed by atoms with Crippen LogP contribution < -0.4 is 10.2 Å². The van der Waals surface area contributed by atoms with Crippen molar-refractivity contribution in [1.29, 1.82) is 0 Å². The van der Waals surface area contributed by atoms with E-state index in [9.17, 15) is 0 Å². The molecule has 1 aromatic heterocycles. The van der Waals surface area contributed by atoms with E-state index in [0.717, 1.165) is 18.8 Å². The summed E-state index contributed by atoms with van der Waals surface area (Å²) < 4.78 is 0. The summed E-state index contributed by atoms with van der Waals surface area (Å²) in [5.74, 6) is 0. The van der Waals surface area contributed by atoms with Crippen molar-refractivity contribution in [2.24, 2.45) is 0 Å². The summed E-state index contributed by atoms with van der Waals surface area (Å²) in [5.41, 5.74) is 1.11. The zero-order chi connectivity index (χ0) is 11.8. The number of halogens is 2. The first-order valence-corrected chi connectivity index (χ1v) is 6.81. The molecule has 1 aromatic rings. The maximum Gasteiger partial charge on any atom is 0.147 e. The van der Waals surface area contributed by atoms with Crippen molar-refractivity contribution in [1.82, 2.24) is 10.3 Å². The molecule has 0 saturated carbocycles. The minimum absolute atomic E-state index is 0.385. The second kappa shape index (κ2) is 4.63. The van der Waals surface area contributed by atoms with Crippen molar-refractivity contribution in [3.8, 4) is 0 Å². The lowest BCUT2D eigenvalue weighted by molar-refractivity contribution is 0.567. The number of aromatic nitrogens is 1.